The molecular weight excluding hydrogens is 379 g/mol. The molecule has 1 heterocycles. The van der Waals surface area contributed by atoms with Crippen molar-refractivity contribution in [1.82, 2.24) is 0 Å². The maximum atomic E-state index is 10.1. The molecule has 0 unspecified atom stereocenters. The van der Waals surface area contributed by atoms with Crippen LogP contribution in [0.15, 0.2) is 0 Å². The van der Waals surface area contributed by atoms with Crippen LogP contribution in [0.5, 0.6) is 0 Å². The first-order valence-electron chi connectivity index (χ1n) is 1.63. The van der Waals surface area contributed by atoms with Gasteiger partial charge in [0.1, 0.15) is 0 Å². The summed E-state index contributed by atoms with van der Waals surface area (Å²) in [6, 6.07) is 0. The molecule has 0 aromatic heterocycles. The Balaban J connectivity index is 0.000000360. The first-order valence-corrected chi connectivity index (χ1v) is 4.68. The largest absolute Gasteiger partial charge is 0 e. The first-order chi connectivity index (χ1) is 2.89. The van der Waals surface area contributed by atoms with Gasteiger partial charge in [0.05, 0.1) is 0 Å². The van der Waals surface area contributed by atoms with Crippen molar-refractivity contribution in [1.29, 1.82) is 0 Å². The van der Waals surface area contributed by atoms with Crippen LogP contribution in [-0.4, -0.2) is 14.9 Å². The molecule has 0 spiro atoms. The summed E-state index contributed by atoms with van der Waals surface area (Å²) in [5, 5.41) is 3.65. The van der Waals surface area contributed by atoms with Crippen LogP contribution in [0.4, 0.5) is 0 Å². The third-order valence-electron chi connectivity index (χ3n) is 0.529. The van der Waals surface area contributed by atoms with E-state index in [2.05, 4.69) is 5.32 Å². The summed E-state index contributed by atoms with van der Waals surface area (Å²) < 4.78 is 1.66. The molecule has 0 N–H and O–H groups in total. The fraction of sp³-hybridized carbons (Fsp3) is 0.667. The molecule has 1 rings (SSSR count). The van der Waals surface area contributed by atoms with Gasteiger partial charge < -0.3 is 0 Å². The molecule has 1 fully saturated rings. The quantitative estimate of drug-likeness (QED) is 0.249. The van der Waals surface area contributed by atoms with E-state index in [-0.39, 0.29) is 47.5 Å². The standard InChI is InChI=1S/C3H5INO.Re/c6-3-1-4-2-5-3;/h1-2H2,(H,5,6);/q-1;/p-1. The Morgan fingerprint density at radius 3 is 2.57 bits per heavy atom. The molecule has 1 aliphatic rings. The Morgan fingerprint density at radius 1 is 1.71 bits per heavy atom. The fourth-order valence-corrected chi connectivity index (χ4v) is 1.84. The summed E-state index contributed by atoms with van der Waals surface area (Å²) >= 11 is 0.186. The number of amides is 1. The van der Waals surface area contributed by atoms with Crippen LogP contribution in [0, 0.1) is 0 Å². The minimum Gasteiger partial charge on any atom is 0 e. The fourth-order valence-electron chi connectivity index (χ4n) is 0.274. The van der Waals surface area contributed by atoms with Crippen LogP contribution in [0.25, 0.3) is 5.32 Å². The van der Waals surface area contributed by atoms with Crippen molar-refractivity contribution in [2.24, 2.45) is 0 Å². The predicted molar refractivity (Wildman–Crippen MR) is 18.1 cm³/mol. The van der Waals surface area contributed by atoms with Crippen molar-refractivity contribution in [3.05, 3.63) is 5.32 Å². The summed E-state index contributed by atoms with van der Waals surface area (Å²) in [4.78, 5) is 10.1. The number of rotatable bonds is 0. The summed E-state index contributed by atoms with van der Waals surface area (Å²) in [5.74, 6) is 0.128. The minimum absolute atomic E-state index is 0. The van der Waals surface area contributed by atoms with Crippen LogP contribution in [-0.2, 0) is 25.2 Å². The summed E-state index contributed by atoms with van der Waals surface area (Å²) in [6.07, 6.45) is 0. The smallest absolute Gasteiger partial charge is 0 e. The third kappa shape index (κ3) is 2.62. The van der Waals surface area contributed by atoms with E-state index in [9.17, 15) is 4.79 Å². The van der Waals surface area contributed by atoms with Gasteiger partial charge in [-0.3, -0.25) is 0 Å². The van der Waals surface area contributed by atoms with E-state index in [0.29, 0.717) is 0 Å². The average molecular weight is 383 g/mol. The third-order valence-corrected chi connectivity index (χ3v) is 2.54. The van der Waals surface area contributed by atoms with Gasteiger partial charge in [-0.15, -0.1) is 0 Å². The Labute approximate surface area is 66.3 Å². The van der Waals surface area contributed by atoms with Gasteiger partial charge in [0, 0.05) is 20.4 Å². The molecular formula is C3H4INORe-2. The second-order valence-corrected chi connectivity index (χ2v) is 3.52. The van der Waals surface area contributed by atoms with Crippen molar-refractivity contribution >= 4 is 5.91 Å². The molecule has 43 valence electrons. The number of carbonyl (C=O) groups is 1. The maximum absolute atomic E-state index is 10.1. The molecule has 4 heteroatoms. The molecule has 1 radical (unpaired) electrons. The zero-order valence-electron chi connectivity index (χ0n) is 3.53. The topological polar surface area (TPSA) is 31.2 Å². The first kappa shape index (κ1) is 7.86. The van der Waals surface area contributed by atoms with Gasteiger partial charge in [-0.25, -0.2) is 0 Å². The number of carbonyl (C=O) groups excluding carboxylic acids is 1. The summed E-state index contributed by atoms with van der Waals surface area (Å²) in [7, 11) is 0. The van der Waals surface area contributed by atoms with Gasteiger partial charge >= 0.3 is 46.2 Å². The molecule has 1 amide bonds. The van der Waals surface area contributed by atoms with Crippen LogP contribution in [0.1, 0.15) is 0 Å². The molecule has 0 saturated carbocycles. The second-order valence-electron chi connectivity index (χ2n) is 0.994. The van der Waals surface area contributed by atoms with Crippen LogP contribution < -0.4 is 21.2 Å². The van der Waals surface area contributed by atoms with E-state index >= 15 is 0 Å². The molecule has 0 bridgehead atoms. The normalized spacial score (nSPS) is 19.1. The van der Waals surface area contributed by atoms with E-state index in [0.717, 1.165) is 8.98 Å². The van der Waals surface area contributed by atoms with Crippen molar-refractivity contribution in [3.63, 3.8) is 0 Å². The van der Waals surface area contributed by atoms with Gasteiger partial charge in [-0.2, -0.15) is 0 Å². The van der Waals surface area contributed by atoms with E-state index in [4.69, 9.17) is 0 Å². The second kappa shape index (κ2) is 3.82. The summed E-state index contributed by atoms with van der Waals surface area (Å²) in [5.41, 5.74) is 0. The predicted octanol–water partition coefficient (Wildman–Crippen LogP) is -3.06. The van der Waals surface area contributed by atoms with Crippen molar-refractivity contribution in [3.8, 4) is 0 Å². The molecule has 1 saturated heterocycles. The zero-order chi connectivity index (χ0) is 4.41. The molecule has 0 aromatic carbocycles. The van der Waals surface area contributed by atoms with Gasteiger partial charge in [0.2, 0.25) is 0 Å². The Kier molecular flexibility index (Phi) is 4.29. The van der Waals surface area contributed by atoms with E-state index in [1.54, 1.807) is 0 Å². The Hall–Kier alpha value is 0.862. The zero-order valence-corrected chi connectivity index (χ0v) is 8.40. The van der Waals surface area contributed by atoms with Gasteiger partial charge in [0.25, 0.3) is 0 Å². The number of alkyl halides is 2. The van der Waals surface area contributed by atoms with Gasteiger partial charge in [-0.1, -0.05) is 0 Å². The van der Waals surface area contributed by atoms with Gasteiger partial charge in [-0.05, 0) is 0 Å². The molecule has 2 nitrogen and oxygen atoms in total. The molecule has 0 aromatic rings. The average Bonchev–Trinajstić information content (AvgIpc) is 1.86. The van der Waals surface area contributed by atoms with Gasteiger partial charge in [0.15, 0.2) is 0 Å². The van der Waals surface area contributed by atoms with Crippen molar-refractivity contribution in [2.45, 2.75) is 0 Å². The molecule has 0 atom stereocenters. The molecule has 1 aliphatic heterocycles. The number of nitrogens with zero attached hydrogens (tertiary/aromatic N) is 1. The van der Waals surface area contributed by atoms with Crippen molar-refractivity contribution in [2.75, 3.05) is 8.98 Å². The SMILES string of the molecule is O=C1C[I-]C[N-]1.[Re]. The van der Waals surface area contributed by atoms with Crippen molar-refractivity contribution < 1.29 is 46.4 Å². The number of hydrogen-bond acceptors (Lipinski definition) is 1. The van der Waals surface area contributed by atoms with Crippen LogP contribution in [0.2, 0.25) is 0 Å². The van der Waals surface area contributed by atoms with E-state index in [1.807, 2.05) is 0 Å². The summed E-state index contributed by atoms with van der Waals surface area (Å²) in [6.45, 7) is 0. The maximum Gasteiger partial charge on any atom is 0 e. The van der Waals surface area contributed by atoms with E-state index in [1.165, 1.54) is 0 Å². The van der Waals surface area contributed by atoms with Crippen LogP contribution >= 0.6 is 0 Å². The monoisotopic (exact) mass is 384 g/mol. The number of hydrogen-bond donors (Lipinski definition) is 0. The minimum atomic E-state index is 0. The van der Waals surface area contributed by atoms with Crippen LogP contribution in [0.3, 0.4) is 0 Å². The van der Waals surface area contributed by atoms with E-state index < -0.39 is 0 Å². The number of halogens is 1. The molecule has 0 aliphatic carbocycles. The Bertz CT molecular complexity index is 69.3. The Morgan fingerprint density at radius 2 is 2.43 bits per heavy atom. The molecule has 7 heavy (non-hydrogen) atoms.